The summed E-state index contributed by atoms with van der Waals surface area (Å²) in [7, 11) is 1.58. The largest absolute Gasteiger partial charge is 0.497 e. The minimum absolute atomic E-state index is 0.0936. The second-order valence-corrected chi connectivity index (χ2v) is 3.78. The molecule has 1 aromatic heterocycles. The Balaban J connectivity index is 2.33. The molecule has 0 N–H and O–H groups in total. The van der Waals surface area contributed by atoms with Gasteiger partial charge in [-0.3, -0.25) is 9.78 Å². The number of ether oxygens (including phenoxy) is 1. The Kier molecular flexibility index (Phi) is 3.19. The zero-order valence-corrected chi connectivity index (χ0v) is 9.81. The number of benzene rings is 1. The van der Waals surface area contributed by atoms with Gasteiger partial charge in [0.15, 0.2) is 0 Å². The van der Waals surface area contributed by atoms with E-state index in [1.54, 1.807) is 43.6 Å². The zero-order valence-electron chi connectivity index (χ0n) is 9.81. The van der Waals surface area contributed by atoms with Gasteiger partial charge in [0.05, 0.1) is 7.11 Å². The summed E-state index contributed by atoms with van der Waals surface area (Å²) in [5.41, 5.74) is 2.07. The van der Waals surface area contributed by atoms with E-state index in [4.69, 9.17) is 4.74 Å². The van der Waals surface area contributed by atoms with Gasteiger partial charge in [0, 0.05) is 11.8 Å². The number of methoxy groups -OCH3 is 1. The highest BCUT2D eigenvalue weighted by atomic mass is 16.5. The van der Waals surface area contributed by atoms with Gasteiger partial charge in [-0.05, 0) is 30.7 Å². The Labute approximate surface area is 100 Å². The Morgan fingerprint density at radius 2 is 2.06 bits per heavy atom. The maximum atomic E-state index is 12.1. The molecule has 1 aromatic carbocycles. The fourth-order valence-corrected chi connectivity index (χ4v) is 1.51. The molecular weight excluding hydrogens is 214 g/mol. The van der Waals surface area contributed by atoms with Crippen molar-refractivity contribution in [1.82, 2.24) is 4.98 Å². The molecule has 86 valence electrons. The predicted molar refractivity (Wildman–Crippen MR) is 65.4 cm³/mol. The topological polar surface area (TPSA) is 39.2 Å². The van der Waals surface area contributed by atoms with E-state index in [-0.39, 0.29) is 5.78 Å². The summed E-state index contributed by atoms with van der Waals surface area (Å²) < 4.78 is 5.09. The van der Waals surface area contributed by atoms with E-state index < -0.39 is 0 Å². The Hall–Kier alpha value is -2.16. The third-order valence-electron chi connectivity index (χ3n) is 2.48. The van der Waals surface area contributed by atoms with E-state index in [0.29, 0.717) is 17.0 Å². The summed E-state index contributed by atoms with van der Waals surface area (Å²) in [6, 6.07) is 10.7. The van der Waals surface area contributed by atoms with Crippen LogP contribution in [0.1, 0.15) is 21.6 Å². The van der Waals surface area contributed by atoms with Crippen LogP contribution in [0, 0.1) is 6.92 Å². The summed E-state index contributed by atoms with van der Waals surface area (Å²) in [5, 5.41) is 0. The molecular formula is C14H13NO2. The molecule has 0 radical (unpaired) electrons. The minimum Gasteiger partial charge on any atom is -0.497 e. The van der Waals surface area contributed by atoms with E-state index in [0.717, 1.165) is 5.56 Å². The number of hydrogen-bond acceptors (Lipinski definition) is 3. The molecule has 0 amide bonds. The Morgan fingerprint density at radius 1 is 1.24 bits per heavy atom. The van der Waals surface area contributed by atoms with E-state index in [1.165, 1.54) is 0 Å². The van der Waals surface area contributed by atoms with Crippen LogP contribution in [0.25, 0.3) is 0 Å². The molecule has 2 aromatic rings. The van der Waals surface area contributed by atoms with Gasteiger partial charge >= 0.3 is 0 Å². The third-order valence-corrected chi connectivity index (χ3v) is 2.48. The second-order valence-electron chi connectivity index (χ2n) is 3.78. The molecule has 0 saturated heterocycles. The number of carbonyl (C=O) groups is 1. The molecule has 1 heterocycles. The summed E-state index contributed by atoms with van der Waals surface area (Å²) in [6.45, 7) is 1.94. The molecule has 2 rings (SSSR count). The van der Waals surface area contributed by atoms with Gasteiger partial charge in [-0.25, -0.2) is 0 Å². The van der Waals surface area contributed by atoms with Crippen LogP contribution in [0.15, 0.2) is 42.6 Å². The molecule has 0 bridgehead atoms. The van der Waals surface area contributed by atoms with Crippen molar-refractivity contribution >= 4 is 5.78 Å². The van der Waals surface area contributed by atoms with Crippen molar-refractivity contribution in [3.63, 3.8) is 0 Å². The first kappa shape index (κ1) is 11.3. The first-order valence-corrected chi connectivity index (χ1v) is 5.32. The standard InChI is InChI=1S/C14H13NO2/c1-10-6-7-13(15-9-10)14(16)11-4-3-5-12(8-11)17-2/h3-9H,1-2H3. The number of aromatic nitrogens is 1. The lowest BCUT2D eigenvalue weighted by atomic mass is 10.1. The number of hydrogen-bond donors (Lipinski definition) is 0. The van der Waals surface area contributed by atoms with Crippen molar-refractivity contribution in [2.75, 3.05) is 7.11 Å². The molecule has 0 spiro atoms. The van der Waals surface area contributed by atoms with E-state index >= 15 is 0 Å². The molecule has 0 aliphatic rings. The zero-order chi connectivity index (χ0) is 12.3. The van der Waals surface area contributed by atoms with Gasteiger partial charge in [0.1, 0.15) is 11.4 Å². The van der Waals surface area contributed by atoms with Gasteiger partial charge in [-0.15, -0.1) is 0 Å². The van der Waals surface area contributed by atoms with Crippen LogP contribution in [-0.2, 0) is 0 Å². The first-order chi connectivity index (χ1) is 8.20. The van der Waals surface area contributed by atoms with E-state index in [1.807, 2.05) is 13.0 Å². The monoisotopic (exact) mass is 227 g/mol. The highest BCUT2D eigenvalue weighted by Gasteiger charge is 2.10. The van der Waals surface area contributed by atoms with Crippen molar-refractivity contribution in [3.05, 3.63) is 59.4 Å². The van der Waals surface area contributed by atoms with Crippen molar-refractivity contribution in [1.29, 1.82) is 0 Å². The van der Waals surface area contributed by atoms with Crippen molar-refractivity contribution in [2.24, 2.45) is 0 Å². The van der Waals surface area contributed by atoms with Gasteiger partial charge in [0.25, 0.3) is 0 Å². The summed E-state index contributed by atoms with van der Waals surface area (Å²) in [4.78, 5) is 16.2. The van der Waals surface area contributed by atoms with Gasteiger partial charge in [0.2, 0.25) is 5.78 Å². The molecule has 3 heteroatoms. The number of aryl methyl sites for hydroxylation is 1. The normalized spacial score (nSPS) is 10.0. The SMILES string of the molecule is COc1cccc(C(=O)c2ccc(C)cn2)c1. The van der Waals surface area contributed by atoms with Crippen LogP contribution in [0.5, 0.6) is 5.75 Å². The van der Waals surface area contributed by atoms with Crippen molar-refractivity contribution in [2.45, 2.75) is 6.92 Å². The van der Waals surface area contributed by atoms with Crippen LogP contribution >= 0.6 is 0 Å². The second kappa shape index (κ2) is 4.78. The van der Waals surface area contributed by atoms with Gasteiger partial charge in [-0.2, -0.15) is 0 Å². The van der Waals surface area contributed by atoms with Gasteiger partial charge in [-0.1, -0.05) is 18.2 Å². The van der Waals surface area contributed by atoms with Crippen LogP contribution in [0.3, 0.4) is 0 Å². The first-order valence-electron chi connectivity index (χ1n) is 5.32. The number of nitrogens with zero attached hydrogens (tertiary/aromatic N) is 1. The Bertz CT molecular complexity index is 532. The number of ketones is 1. The number of carbonyl (C=O) groups excluding carboxylic acids is 1. The molecule has 3 nitrogen and oxygen atoms in total. The van der Waals surface area contributed by atoms with Gasteiger partial charge < -0.3 is 4.74 Å². The maximum Gasteiger partial charge on any atom is 0.211 e. The summed E-state index contributed by atoms with van der Waals surface area (Å²) >= 11 is 0. The maximum absolute atomic E-state index is 12.1. The molecule has 0 fully saturated rings. The molecule has 0 saturated carbocycles. The highest BCUT2D eigenvalue weighted by molar-refractivity contribution is 6.07. The average molecular weight is 227 g/mol. The Morgan fingerprint density at radius 3 is 2.71 bits per heavy atom. The van der Waals surface area contributed by atoms with Crippen LogP contribution in [0.4, 0.5) is 0 Å². The molecule has 0 aliphatic heterocycles. The lowest BCUT2D eigenvalue weighted by molar-refractivity contribution is 0.103. The minimum atomic E-state index is -0.0936. The molecule has 0 aliphatic carbocycles. The number of pyridine rings is 1. The molecule has 17 heavy (non-hydrogen) atoms. The number of rotatable bonds is 3. The summed E-state index contributed by atoms with van der Waals surface area (Å²) in [6.07, 6.45) is 1.69. The fourth-order valence-electron chi connectivity index (χ4n) is 1.51. The average Bonchev–Trinajstić information content (AvgIpc) is 2.39. The third kappa shape index (κ3) is 2.50. The lowest BCUT2D eigenvalue weighted by Gasteiger charge is -2.03. The fraction of sp³-hybridized carbons (Fsp3) is 0.143. The molecule has 0 unspecified atom stereocenters. The highest BCUT2D eigenvalue weighted by Crippen LogP contribution is 2.15. The van der Waals surface area contributed by atoms with Crippen LogP contribution in [0.2, 0.25) is 0 Å². The van der Waals surface area contributed by atoms with Crippen LogP contribution in [-0.4, -0.2) is 17.9 Å². The quantitative estimate of drug-likeness (QED) is 0.757. The summed E-state index contributed by atoms with van der Waals surface area (Å²) in [5.74, 6) is 0.576. The van der Waals surface area contributed by atoms with Crippen LogP contribution < -0.4 is 4.74 Å². The van der Waals surface area contributed by atoms with E-state index in [2.05, 4.69) is 4.98 Å². The van der Waals surface area contributed by atoms with Crippen molar-refractivity contribution in [3.8, 4) is 5.75 Å². The van der Waals surface area contributed by atoms with E-state index in [9.17, 15) is 4.79 Å². The molecule has 0 atom stereocenters. The lowest BCUT2D eigenvalue weighted by Crippen LogP contribution is -2.04. The van der Waals surface area contributed by atoms with Crippen molar-refractivity contribution < 1.29 is 9.53 Å². The predicted octanol–water partition coefficient (Wildman–Crippen LogP) is 2.63. The smallest absolute Gasteiger partial charge is 0.211 e.